The van der Waals surface area contributed by atoms with E-state index in [0.717, 1.165) is 11.2 Å². The Balaban J connectivity index is 2.87. The number of primary amides is 1. The summed E-state index contributed by atoms with van der Waals surface area (Å²) < 4.78 is 24.6. The van der Waals surface area contributed by atoms with E-state index in [1.54, 1.807) is 0 Å². The molecule has 3 N–H and O–H groups in total. The molecule has 8 nitrogen and oxygen atoms in total. The van der Waals surface area contributed by atoms with Crippen LogP contribution in [0.25, 0.3) is 0 Å². The molecule has 1 fully saturated rings. The SMILES string of the molecule is CC(O)C(C(N)=O)N(C=O)CC1CCCN1S(C)(=O)=O. The highest BCUT2D eigenvalue weighted by atomic mass is 32.2. The van der Waals surface area contributed by atoms with Gasteiger partial charge in [-0.25, -0.2) is 8.42 Å². The number of rotatable bonds is 7. The molecule has 20 heavy (non-hydrogen) atoms. The third-order valence-electron chi connectivity index (χ3n) is 3.41. The van der Waals surface area contributed by atoms with Crippen molar-refractivity contribution in [3.63, 3.8) is 0 Å². The van der Waals surface area contributed by atoms with Gasteiger partial charge in [-0.15, -0.1) is 0 Å². The molecule has 0 aromatic carbocycles. The van der Waals surface area contributed by atoms with Crippen LogP contribution in [-0.2, 0) is 19.6 Å². The number of aliphatic hydroxyl groups is 1. The third-order valence-corrected chi connectivity index (χ3v) is 4.74. The van der Waals surface area contributed by atoms with Crippen LogP contribution in [0.2, 0.25) is 0 Å². The summed E-state index contributed by atoms with van der Waals surface area (Å²) in [6, 6.07) is -1.55. The molecule has 9 heteroatoms. The van der Waals surface area contributed by atoms with E-state index in [1.807, 2.05) is 0 Å². The molecular formula is C11H21N3O5S. The largest absolute Gasteiger partial charge is 0.391 e. The molecule has 0 bridgehead atoms. The fourth-order valence-electron chi connectivity index (χ4n) is 2.57. The van der Waals surface area contributed by atoms with Gasteiger partial charge in [0.25, 0.3) is 0 Å². The summed E-state index contributed by atoms with van der Waals surface area (Å²) in [4.78, 5) is 23.5. The second-order valence-corrected chi connectivity index (χ2v) is 6.99. The summed E-state index contributed by atoms with van der Waals surface area (Å²) in [5.41, 5.74) is 5.18. The van der Waals surface area contributed by atoms with E-state index < -0.39 is 34.1 Å². The summed E-state index contributed by atoms with van der Waals surface area (Å²) in [5, 5.41) is 9.55. The first kappa shape index (κ1) is 16.9. The maximum absolute atomic E-state index is 11.6. The summed E-state index contributed by atoms with van der Waals surface area (Å²) in [6.07, 6.45) is 1.70. The zero-order valence-electron chi connectivity index (χ0n) is 11.6. The highest BCUT2D eigenvalue weighted by molar-refractivity contribution is 7.88. The van der Waals surface area contributed by atoms with Gasteiger partial charge in [0.2, 0.25) is 22.3 Å². The first-order chi connectivity index (χ1) is 9.18. The molecule has 1 heterocycles. The molecule has 2 amide bonds. The lowest BCUT2D eigenvalue weighted by molar-refractivity contribution is -0.135. The number of carbonyl (C=O) groups is 2. The topological polar surface area (TPSA) is 121 Å². The molecule has 1 aliphatic rings. The van der Waals surface area contributed by atoms with Gasteiger partial charge in [0.1, 0.15) is 6.04 Å². The van der Waals surface area contributed by atoms with Gasteiger partial charge >= 0.3 is 0 Å². The van der Waals surface area contributed by atoms with Crippen LogP contribution < -0.4 is 5.73 Å². The van der Waals surface area contributed by atoms with Crippen molar-refractivity contribution in [2.24, 2.45) is 5.73 Å². The van der Waals surface area contributed by atoms with Gasteiger partial charge in [0, 0.05) is 19.1 Å². The van der Waals surface area contributed by atoms with E-state index in [1.165, 1.54) is 11.2 Å². The molecule has 1 rings (SSSR count). The second kappa shape index (κ2) is 6.51. The van der Waals surface area contributed by atoms with Gasteiger partial charge < -0.3 is 15.7 Å². The Kier molecular flexibility index (Phi) is 5.49. The van der Waals surface area contributed by atoms with Gasteiger partial charge in [-0.3, -0.25) is 9.59 Å². The standard InChI is InChI=1S/C11H21N3O5S/c1-8(16)10(11(12)17)13(7-15)6-9-4-3-5-14(9)20(2,18)19/h7-10,16H,3-6H2,1-2H3,(H2,12,17). The van der Waals surface area contributed by atoms with E-state index in [2.05, 4.69) is 0 Å². The van der Waals surface area contributed by atoms with E-state index >= 15 is 0 Å². The maximum atomic E-state index is 11.6. The molecule has 0 aromatic heterocycles. The number of sulfonamides is 1. The Bertz CT molecular complexity index is 465. The first-order valence-electron chi connectivity index (χ1n) is 6.33. The number of nitrogens with two attached hydrogens (primary N) is 1. The van der Waals surface area contributed by atoms with Crippen molar-refractivity contribution in [3.05, 3.63) is 0 Å². The van der Waals surface area contributed by atoms with Gasteiger partial charge in [-0.1, -0.05) is 0 Å². The average molecular weight is 307 g/mol. The molecule has 3 atom stereocenters. The lowest BCUT2D eigenvalue weighted by Crippen LogP contribution is -2.54. The fraction of sp³-hybridized carbons (Fsp3) is 0.818. The number of hydrogen-bond donors (Lipinski definition) is 2. The van der Waals surface area contributed by atoms with Gasteiger partial charge in [-0.2, -0.15) is 4.31 Å². The Morgan fingerprint density at radius 3 is 2.60 bits per heavy atom. The van der Waals surface area contributed by atoms with Crippen molar-refractivity contribution in [2.45, 2.75) is 38.0 Å². The Morgan fingerprint density at radius 2 is 2.20 bits per heavy atom. The van der Waals surface area contributed by atoms with Crippen molar-refractivity contribution in [2.75, 3.05) is 19.3 Å². The Hall–Kier alpha value is -1.19. The minimum Gasteiger partial charge on any atom is -0.391 e. The molecule has 0 radical (unpaired) electrons. The monoisotopic (exact) mass is 307 g/mol. The quantitative estimate of drug-likeness (QED) is 0.532. The highest BCUT2D eigenvalue weighted by Crippen LogP contribution is 2.21. The predicted octanol–water partition coefficient (Wildman–Crippen LogP) is -1.90. The predicted molar refractivity (Wildman–Crippen MR) is 72.0 cm³/mol. The minimum atomic E-state index is -3.36. The van der Waals surface area contributed by atoms with Crippen LogP contribution in [0.1, 0.15) is 19.8 Å². The summed E-state index contributed by atoms with van der Waals surface area (Å²) >= 11 is 0. The summed E-state index contributed by atoms with van der Waals surface area (Å²) in [6.45, 7) is 1.79. The van der Waals surface area contributed by atoms with E-state index in [4.69, 9.17) is 5.73 Å². The second-order valence-electron chi connectivity index (χ2n) is 5.06. The van der Waals surface area contributed by atoms with E-state index in [9.17, 15) is 23.1 Å². The van der Waals surface area contributed by atoms with Crippen LogP contribution in [-0.4, -0.2) is 72.6 Å². The molecule has 1 saturated heterocycles. The Labute approximate surface area is 118 Å². The van der Waals surface area contributed by atoms with Crippen molar-refractivity contribution in [1.82, 2.24) is 9.21 Å². The molecule has 0 spiro atoms. The number of carbonyl (C=O) groups excluding carboxylic acids is 2. The molecular weight excluding hydrogens is 286 g/mol. The van der Waals surface area contributed by atoms with Gasteiger partial charge in [0.05, 0.1) is 12.4 Å². The Morgan fingerprint density at radius 1 is 1.60 bits per heavy atom. The van der Waals surface area contributed by atoms with Crippen LogP contribution in [0.4, 0.5) is 0 Å². The van der Waals surface area contributed by atoms with Crippen LogP contribution in [0.15, 0.2) is 0 Å². The maximum Gasteiger partial charge on any atom is 0.242 e. The van der Waals surface area contributed by atoms with E-state index in [-0.39, 0.29) is 6.54 Å². The fourth-order valence-corrected chi connectivity index (χ4v) is 3.75. The van der Waals surface area contributed by atoms with Gasteiger partial charge in [0.15, 0.2) is 0 Å². The molecule has 0 saturated carbocycles. The highest BCUT2D eigenvalue weighted by Gasteiger charge is 2.36. The van der Waals surface area contributed by atoms with Gasteiger partial charge in [-0.05, 0) is 19.8 Å². The van der Waals surface area contributed by atoms with E-state index in [0.29, 0.717) is 25.8 Å². The first-order valence-corrected chi connectivity index (χ1v) is 8.18. The molecule has 0 aromatic rings. The molecule has 3 unspecified atom stereocenters. The van der Waals surface area contributed by atoms with Crippen LogP contribution in [0.3, 0.4) is 0 Å². The summed E-state index contributed by atoms with van der Waals surface area (Å²) in [7, 11) is -3.36. The molecule has 116 valence electrons. The number of nitrogens with zero attached hydrogens (tertiary/aromatic N) is 2. The average Bonchev–Trinajstić information content (AvgIpc) is 2.74. The lowest BCUT2D eigenvalue weighted by atomic mass is 10.1. The zero-order valence-corrected chi connectivity index (χ0v) is 12.4. The van der Waals surface area contributed by atoms with Crippen molar-refractivity contribution in [3.8, 4) is 0 Å². The number of hydrogen-bond acceptors (Lipinski definition) is 5. The normalized spacial score (nSPS) is 23.2. The number of aliphatic hydroxyl groups excluding tert-OH is 1. The molecule has 0 aliphatic carbocycles. The van der Waals surface area contributed by atoms with Crippen LogP contribution >= 0.6 is 0 Å². The summed E-state index contributed by atoms with van der Waals surface area (Å²) in [5.74, 6) is -0.823. The lowest BCUT2D eigenvalue weighted by Gasteiger charge is -2.32. The minimum absolute atomic E-state index is 0.0368. The van der Waals surface area contributed by atoms with Crippen molar-refractivity contribution < 1.29 is 23.1 Å². The zero-order chi connectivity index (χ0) is 15.5. The van der Waals surface area contributed by atoms with Crippen molar-refractivity contribution in [1.29, 1.82) is 0 Å². The number of amides is 2. The smallest absolute Gasteiger partial charge is 0.242 e. The third kappa shape index (κ3) is 3.90. The van der Waals surface area contributed by atoms with Crippen molar-refractivity contribution >= 4 is 22.3 Å². The molecule has 1 aliphatic heterocycles. The van der Waals surface area contributed by atoms with Crippen LogP contribution in [0.5, 0.6) is 0 Å². The van der Waals surface area contributed by atoms with Crippen LogP contribution in [0, 0.1) is 0 Å².